The molecule has 0 radical (unpaired) electrons. The first-order valence-corrected chi connectivity index (χ1v) is 21.3. The molecule has 0 amide bonds. The summed E-state index contributed by atoms with van der Waals surface area (Å²) in [4.78, 5) is 2.47. The number of rotatable bonds is 9. The van der Waals surface area contributed by atoms with Gasteiger partial charge in [0.1, 0.15) is 0 Å². The number of fused-ring (bicyclic) bond motifs is 3. The Balaban J connectivity index is 1.20. The van der Waals surface area contributed by atoms with Crippen LogP contribution in [0.2, 0.25) is 0 Å². The van der Waals surface area contributed by atoms with Crippen molar-refractivity contribution >= 4 is 38.9 Å². The lowest BCUT2D eigenvalue weighted by atomic mass is 9.94. The molecular formula is C60H42N2. The molecule has 0 saturated carbocycles. The van der Waals surface area contributed by atoms with E-state index < -0.39 is 0 Å². The minimum absolute atomic E-state index is 1.07. The number of anilines is 3. The Kier molecular flexibility index (Phi) is 9.57. The molecule has 292 valence electrons. The Hall–Kier alpha value is -8.20. The highest BCUT2D eigenvalue weighted by Gasteiger charge is 2.24. The number of hydrogen-bond donors (Lipinski definition) is 0. The van der Waals surface area contributed by atoms with Gasteiger partial charge in [-0.15, -0.1) is 0 Å². The molecule has 0 aliphatic rings. The van der Waals surface area contributed by atoms with Gasteiger partial charge in [0.05, 0.1) is 22.4 Å². The van der Waals surface area contributed by atoms with Crippen LogP contribution in [0.1, 0.15) is 0 Å². The zero-order valence-electron chi connectivity index (χ0n) is 34.1. The van der Waals surface area contributed by atoms with Gasteiger partial charge in [0.2, 0.25) is 0 Å². The largest absolute Gasteiger partial charge is 0.309 e. The van der Waals surface area contributed by atoms with Crippen molar-refractivity contribution in [2.75, 3.05) is 4.90 Å². The van der Waals surface area contributed by atoms with E-state index in [0.717, 1.165) is 56.0 Å². The van der Waals surface area contributed by atoms with Gasteiger partial charge in [0, 0.05) is 38.8 Å². The fraction of sp³-hybridized carbons (Fsp3) is 0. The van der Waals surface area contributed by atoms with E-state index in [0.29, 0.717) is 0 Å². The predicted molar refractivity (Wildman–Crippen MR) is 263 cm³/mol. The van der Waals surface area contributed by atoms with E-state index in [4.69, 9.17) is 0 Å². The molecule has 0 unspecified atom stereocenters. The average Bonchev–Trinajstić information content (AvgIpc) is 3.69. The smallest absolute Gasteiger partial charge is 0.0618 e. The molecule has 0 atom stereocenters. The first-order valence-electron chi connectivity index (χ1n) is 21.3. The Labute approximate surface area is 362 Å². The van der Waals surface area contributed by atoms with Crippen LogP contribution in [0.3, 0.4) is 0 Å². The van der Waals surface area contributed by atoms with E-state index in [9.17, 15) is 0 Å². The van der Waals surface area contributed by atoms with Gasteiger partial charge in [0.15, 0.2) is 0 Å². The maximum atomic E-state index is 2.48. The minimum Gasteiger partial charge on any atom is -0.309 e. The molecule has 0 spiro atoms. The molecule has 10 aromatic carbocycles. The zero-order chi connectivity index (χ0) is 41.2. The molecule has 1 heterocycles. The normalized spacial score (nSPS) is 11.2. The van der Waals surface area contributed by atoms with Crippen molar-refractivity contribution in [1.29, 1.82) is 0 Å². The lowest BCUT2D eigenvalue weighted by Gasteiger charge is -2.31. The number of benzene rings is 10. The van der Waals surface area contributed by atoms with Gasteiger partial charge >= 0.3 is 0 Å². The third-order valence-electron chi connectivity index (χ3n) is 12.0. The molecule has 0 N–H and O–H groups in total. The van der Waals surface area contributed by atoms with Gasteiger partial charge in [-0.05, 0) is 81.4 Å². The van der Waals surface area contributed by atoms with Crippen molar-refractivity contribution in [3.8, 4) is 61.3 Å². The third-order valence-corrected chi connectivity index (χ3v) is 12.0. The SMILES string of the molecule is c1ccc(-c2ccc(N(c3ccc4c5ccccc5n(-c5ccc(-c6ccccc6)cc5-c5ccccc5)c4c3)c3c(-c4ccccc4)cccc3-c3ccccc3)cc2)cc1. The lowest BCUT2D eigenvalue weighted by Crippen LogP contribution is -2.13. The molecule has 0 aliphatic heterocycles. The molecule has 62 heavy (non-hydrogen) atoms. The van der Waals surface area contributed by atoms with Crippen molar-refractivity contribution in [2.24, 2.45) is 0 Å². The van der Waals surface area contributed by atoms with Gasteiger partial charge in [-0.25, -0.2) is 0 Å². The Morgan fingerprint density at radius 3 is 1.27 bits per heavy atom. The summed E-state index contributed by atoms with van der Waals surface area (Å²) in [5.41, 5.74) is 18.4. The van der Waals surface area contributed by atoms with E-state index in [-0.39, 0.29) is 0 Å². The summed E-state index contributed by atoms with van der Waals surface area (Å²) in [6.45, 7) is 0. The predicted octanol–water partition coefficient (Wildman–Crippen LogP) is 16.6. The van der Waals surface area contributed by atoms with Crippen LogP contribution in [-0.4, -0.2) is 4.57 Å². The van der Waals surface area contributed by atoms with E-state index in [1.54, 1.807) is 0 Å². The highest BCUT2D eigenvalue weighted by atomic mass is 15.1. The molecule has 0 saturated heterocycles. The van der Waals surface area contributed by atoms with Gasteiger partial charge in [0.25, 0.3) is 0 Å². The molecule has 11 rings (SSSR count). The average molecular weight is 791 g/mol. The second-order valence-electron chi connectivity index (χ2n) is 15.7. The number of nitrogens with zero attached hydrogens (tertiary/aromatic N) is 2. The molecule has 1 aromatic heterocycles. The second-order valence-corrected chi connectivity index (χ2v) is 15.7. The van der Waals surface area contributed by atoms with E-state index in [1.165, 1.54) is 44.2 Å². The molecule has 0 aliphatic carbocycles. The van der Waals surface area contributed by atoms with Gasteiger partial charge in [-0.2, -0.15) is 0 Å². The van der Waals surface area contributed by atoms with Crippen LogP contribution < -0.4 is 4.90 Å². The highest BCUT2D eigenvalue weighted by Crippen LogP contribution is 2.48. The number of aromatic nitrogens is 1. The summed E-state index contributed by atoms with van der Waals surface area (Å²) in [5, 5.41) is 2.42. The van der Waals surface area contributed by atoms with Gasteiger partial charge in [-0.3, -0.25) is 0 Å². The van der Waals surface area contributed by atoms with E-state index in [1.807, 2.05) is 0 Å². The molecule has 11 aromatic rings. The summed E-state index contributed by atoms with van der Waals surface area (Å²) in [5.74, 6) is 0. The quantitative estimate of drug-likeness (QED) is 0.141. The summed E-state index contributed by atoms with van der Waals surface area (Å²) in [7, 11) is 0. The van der Waals surface area contributed by atoms with Crippen LogP contribution in [0.4, 0.5) is 17.1 Å². The summed E-state index contributed by atoms with van der Waals surface area (Å²) >= 11 is 0. The van der Waals surface area contributed by atoms with E-state index in [2.05, 4.69) is 264 Å². The second kappa shape index (κ2) is 16.1. The maximum Gasteiger partial charge on any atom is 0.0618 e. The Morgan fingerprint density at radius 1 is 0.258 bits per heavy atom. The van der Waals surface area contributed by atoms with Crippen molar-refractivity contribution in [1.82, 2.24) is 4.57 Å². The van der Waals surface area contributed by atoms with Crippen LogP contribution in [0.5, 0.6) is 0 Å². The minimum atomic E-state index is 1.07. The number of para-hydroxylation sites is 2. The monoisotopic (exact) mass is 790 g/mol. The third kappa shape index (κ3) is 6.74. The summed E-state index contributed by atoms with van der Waals surface area (Å²) < 4.78 is 2.48. The van der Waals surface area contributed by atoms with Gasteiger partial charge < -0.3 is 9.47 Å². The standard InChI is InChI=1S/C60H42N2/c1-6-19-43(20-7-1)45-33-36-50(37-34-45)61(60-52(46-23-10-3-11-24-46)30-18-31-53(60)47-25-12-4-13-26-47)51-38-39-55-54-29-16-17-32-57(54)62(59(55)42-51)58-40-35-49(44-21-8-2-9-22-44)41-56(58)48-27-14-5-15-28-48/h1-42H. The van der Waals surface area contributed by atoms with Crippen LogP contribution in [0.25, 0.3) is 83.1 Å². The van der Waals surface area contributed by atoms with E-state index >= 15 is 0 Å². The molecule has 2 heteroatoms. The summed E-state index contributed by atoms with van der Waals surface area (Å²) in [6, 6.07) is 92.2. The van der Waals surface area contributed by atoms with Gasteiger partial charge in [-0.1, -0.05) is 212 Å². The highest BCUT2D eigenvalue weighted by molar-refractivity contribution is 6.11. The fourth-order valence-electron chi connectivity index (χ4n) is 9.07. The Bertz CT molecular complexity index is 3240. The van der Waals surface area contributed by atoms with Crippen molar-refractivity contribution in [3.05, 3.63) is 255 Å². The molecule has 0 bridgehead atoms. The van der Waals surface area contributed by atoms with Crippen LogP contribution in [-0.2, 0) is 0 Å². The first kappa shape index (κ1) is 36.8. The Morgan fingerprint density at radius 2 is 0.694 bits per heavy atom. The van der Waals surface area contributed by atoms with Crippen molar-refractivity contribution in [2.45, 2.75) is 0 Å². The lowest BCUT2D eigenvalue weighted by molar-refractivity contribution is 1.18. The first-order chi connectivity index (χ1) is 30.8. The summed E-state index contributed by atoms with van der Waals surface area (Å²) in [6.07, 6.45) is 0. The van der Waals surface area contributed by atoms with Crippen LogP contribution in [0, 0.1) is 0 Å². The van der Waals surface area contributed by atoms with Crippen LogP contribution >= 0.6 is 0 Å². The molecule has 0 fully saturated rings. The van der Waals surface area contributed by atoms with Crippen molar-refractivity contribution in [3.63, 3.8) is 0 Å². The van der Waals surface area contributed by atoms with Crippen molar-refractivity contribution < 1.29 is 0 Å². The topological polar surface area (TPSA) is 8.17 Å². The zero-order valence-corrected chi connectivity index (χ0v) is 34.1. The van der Waals surface area contributed by atoms with Crippen LogP contribution in [0.15, 0.2) is 255 Å². The molecule has 2 nitrogen and oxygen atoms in total. The maximum absolute atomic E-state index is 2.48. The number of hydrogen-bond acceptors (Lipinski definition) is 1. The molecular weight excluding hydrogens is 749 g/mol. The fourth-order valence-corrected chi connectivity index (χ4v) is 9.07.